The van der Waals surface area contributed by atoms with Crippen LogP contribution >= 0.6 is 0 Å². The zero-order chi connectivity index (χ0) is 14.3. The summed E-state index contributed by atoms with van der Waals surface area (Å²) in [5.74, 6) is 0.740. The highest BCUT2D eigenvalue weighted by molar-refractivity contribution is 5.71. The minimum absolute atomic E-state index is 0.127. The summed E-state index contributed by atoms with van der Waals surface area (Å²) >= 11 is 0. The average molecular weight is 267 g/mol. The summed E-state index contributed by atoms with van der Waals surface area (Å²) in [7, 11) is 3.43. The monoisotopic (exact) mass is 267 g/mol. The molecule has 0 spiro atoms. The number of ether oxygens (including phenoxy) is 3. The molecule has 5 heteroatoms. The van der Waals surface area contributed by atoms with Gasteiger partial charge in [0, 0.05) is 6.54 Å². The van der Waals surface area contributed by atoms with Crippen LogP contribution in [0.3, 0.4) is 0 Å². The third-order valence-electron chi connectivity index (χ3n) is 2.32. The van der Waals surface area contributed by atoms with Gasteiger partial charge in [-0.1, -0.05) is 6.07 Å². The van der Waals surface area contributed by atoms with Crippen LogP contribution in [0.25, 0.3) is 0 Å². The molecule has 1 aromatic rings. The molecule has 0 fully saturated rings. The van der Waals surface area contributed by atoms with E-state index in [1.54, 1.807) is 21.0 Å². The normalized spacial score (nSPS) is 10.4. The van der Waals surface area contributed by atoms with Crippen molar-refractivity contribution in [2.24, 2.45) is 0 Å². The second-order valence-electron chi connectivity index (χ2n) is 4.34. The number of nitrogens with one attached hydrogen (secondary N) is 1. The minimum atomic E-state index is -0.393. The first-order chi connectivity index (χ1) is 9.06. The molecule has 0 aromatic heterocycles. The summed E-state index contributed by atoms with van der Waals surface area (Å²) in [6.45, 7) is 4.19. The Hall–Kier alpha value is -1.75. The van der Waals surface area contributed by atoms with Crippen LogP contribution in [0.4, 0.5) is 0 Å². The fourth-order valence-corrected chi connectivity index (χ4v) is 1.58. The van der Waals surface area contributed by atoms with E-state index in [-0.39, 0.29) is 12.7 Å². The SMILES string of the molecule is CNCc1ccc(OC)c(OCC(=O)OC(C)C)c1. The standard InChI is InChI=1S/C14H21NO4/c1-10(2)19-14(16)9-18-13-7-11(8-15-3)5-6-12(13)17-4/h5-7,10,15H,8-9H2,1-4H3. The zero-order valence-electron chi connectivity index (χ0n) is 11.9. The van der Waals surface area contributed by atoms with Crippen molar-refractivity contribution in [2.45, 2.75) is 26.5 Å². The molecule has 106 valence electrons. The number of benzene rings is 1. The fraction of sp³-hybridized carbons (Fsp3) is 0.500. The van der Waals surface area contributed by atoms with Crippen molar-refractivity contribution < 1.29 is 19.0 Å². The van der Waals surface area contributed by atoms with E-state index < -0.39 is 5.97 Å². The second-order valence-corrected chi connectivity index (χ2v) is 4.34. The predicted octanol–water partition coefficient (Wildman–Crippen LogP) is 1.74. The van der Waals surface area contributed by atoms with Gasteiger partial charge in [-0.2, -0.15) is 0 Å². The van der Waals surface area contributed by atoms with Gasteiger partial charge in [0.2, 0.25) is 0 Å². The highest BCUT2D eigenvalue weighted by Gasteiger charge is 2.10. The molecule has 0 aliphatic heterocycles. The maximum atomic E-state index is 11.4. The molecule has 1 aromatic carbocycles. The van der Waals surface area contributed by atoms with Gasteiger partial charge in [-0.3, -0.25) is 0 Å². The Kier molecular flexibility index (Phi) is 6.15. The predicted molar refractivity (Wildman–Crippen MR) is 72.5 cm³/mol. The van der Waals surface area contributed by atoms with E-state index >= 15 is 0 Å². The highest BCUT2D eigenvalue weighted by Crippen LogP contribution is 2.28. The first-order valence-corrected chi connectivity index (χ1v) is 6.20. The first-order valence-electron chi connectivity index (χ1n) is 6.20. The van der Waals surface area contributed by atoms with E-state index in [9.17, 15) is 4.79 Å². The molecule has 0 unspecified atom stereocenters. The van der Waals surface area contributed by atoms with Gasteiger partial charge in [0.15, 0.2) is 18.1 Å². The van der Waals surface area contributed by atoms with Gasteiger partial charge in [-0.15, -0.1) is 0 Å². The molecule has 0 saturated heterocycles. The molecule has 1 N–H and O–H groups in total. The number of esters is 1. The summed E-state index contributed by atoms with van der Waals surface area (Å²) < 4.78 is 15.7. The molecular weight excluding hydrogens is 246 g/mol. The molecule has 0 atom stereocenters. The Labute approximate surface area is 113 Å². The Balaban J connectivity index is 2.69. The molecule has 0 amide bonds. The molecular formula is C14H21NO4. The lowest BCUT2D eigenvalue weighted by Gasteiger charge is -2.13. The van der Waals surface area contributed by atoms with Gasteiger partial charge in [-0.25, -0.2) is 4.79 Å². The molecule has 0 aliphatic rings. The van der Waals surface area contributed by atoms with Gasteiger partial charge in [0.1, 0.15) is 0 Å². The lowest BCUT2D eigenvalue weighted by molar-refractivity contribution is -0.149. The summed E-state index contributed by atoms with van der Waals surface area (Å²) in [5, 5.41) is 3.05. The van der Waals surface area contributed by atoms with Crippen molar-refractivity contribution in [3.05, 3.63) is 23.8 Å². The van der Waals surface area contributed by atoms with Crippen molar-refractivity contribution in [2.75, 3.05) is 20.8 Å². The van der Waals surface area contributed by atoms with E-state index in [0.29, 0.717) is 11.5 Å². The summed E-state index contributed by atoms with van der Waals surface area (Å²) in [6, 6.07) is 5.60. The van der Waals surface area contributed by atoms with E-state index in [0.717, 1.165) is 12.1 Å². The molecule has 5 nitrogen and oxygen atoms in total. The fourth-order valence-electron chi connectivity index (χ4n) is 1.58. The zero-order valence-corrected chi connectivity index (χ0v) is 11.9. The number of carbonyl (C=O) groups excluding carboxylic acids is 1. The summed E-state index contributed by atoms with van der Waals surface area (Å²) in [4.78, 5) is 11.4. The molecule has 0 bridgehead atoms. The van der Waals surface area contributed by atoms with Crippen molar-refractivity contribution >= 4 is 5.97 Å². The van der Waals surface area contributed by atoms with Gasteiger partial charge in [0.05, 0.1) is 13.2 Å². The molecule has 1 rings (SSSR count). The molecule has 19 heavy (non-hydrogen) atoms. The summed E-state index contributed by atoms with van der Waals surface area (Å²) in [6.07, 6.45) is -0.145. The third-order valence-corrected chi connectivity index (χ3v) is 2.32. The van der Waals surface area contributed by atoms with Crippen LogP contribution in [0.2, 0.25) is 0 Å². The van der Waals surface area contributed by atoms with Crippen molar-refractivity contribution in [1.82, 2.24) is 5.32 Å². The molecule has 0 aliphatic carbocycles. The number of hydrogen-bond donors (Lipinski definition) is 1. The van der Waals surface area contributed by atoms with Gasteiger partial charge in [0.25, 0.3) is 0 Å². The van der Waals surface area contributed by atoms with E-state index in [1.165, 1.54) is 0 Å². The van der Waals surface area contributed by atoms with Crippen molar-refractivity contribution in [3.63, 3.8) is 0 Å². The number of hydrogen-bond acceptors (Lipinski definition) is 5. The van der Waals surface area contributed by atoms with Crippen LogP contribution in [0.5, 0.6) is 11.5 Å². The van der Waals surface area contributed by atoms with E-state index in [4.69, 9.17) is 14.2 Å². The van der Waals surface area contributed by atoms with Crippen molar-refractivity contribution in [1.29, 1.82) is 0 Å². The van der Waals surface area contributed by atoms with Crippen LogP contribution in [0, 0.1) is 0 Å². The van der Waals surface area contributed by atoms with Crippen LogP contribution in [0.15, 0.2) is 18.2 Å². The molecule has 0 heterocycles. The van der Waals surface area contributed by atoms with Crippen LogP contribution in [0.1, 0.15) is 19.4 Å². The lowest BCUT2D eigenvalue weighted by Crippen LogP contribution is -2.19. The van der Waals surface area contributed by atoms with Gasteiger partial charge < -0.3 is 19.5 Å². The summed E-state index contributed by atoms with van der Waals surface area (Å²) in [5.41, 5.74) is 1.05. The Bertz CT molecular complexity index is 418. The topological polar surface area (TPSA) is 56.8 Å². The largest absolute Gasteiger partial charge is 0.493 e. The maximum Gasteiger partial charge on any atom is 0.344 e. The second kappa shape index (κ2) is 7.63. The van der Waals surface area contributed by atoms with E-state index in [1.807, 2.05) is 25.2 Å². The Morgan fingerprint density at radius 1 is 1.32 bits per heavy atom. The van der Waals surface area contributed by atoms with Crippen LogP contribution < -0.4 is 14.8 Å². The first kappa shape index (κ1) is 15.3. The van der Waals surface area contributed by atoms with Gasteiger partial charge in [-0.05, 0) is 38.6 Å². The minimum Gasteiger partial charge on any atom is -0.493 e. The molecule has 0 saturated carbocycles. The third kappa shape index (κ3) is 5.18. The van der Waals surface area contributed by atoms with E-state index in [2.05, 4.69) is 5.32 Å². The number of carbonyl (C=O) groups is 1. The van der Waals surface area contributed by atoms with Crippen LogP contribution in [-0.2, 0) is 16.1 Å². The average Bonchev–Trinajstić information content (AvgIpc) is 2.36. The molecule has 0 radical (unpaired) electrons. The maximum absolute atomic E-state index is 11.4. The lowest BCUT2D eigenvalue weighted by atomic mass is 10.2. The smallest absolute Gasteiger partial charge is 0.344 e. The number of methoxy groups -OCH3 is 1. The quantitative estimate of drug-likeness (QED) is 0.763. The van der Waals surface area contributed by atoms with Crippen LogP contribution in [-0.4, -0.2) is 32.8 Å². The number of rotatable bonds is 7. The highest BCUT2D eigenvalue weighted by atomic mass is 16.6. The Morgan fingerprint density at radius 2 is 2.05 bits per heavy atom. The van der Waals surface area contributed by atoms with Gasteiger partial charge >= 0.3 is 5.97 Å². The Morgan fingerprint density at radius 3 is 2.63 bits per heavy atom. The van der Waals surface area contributed by atoms with Crippen molar-refractivity contribution in [3.8, 4) is 11.5 Å².